The fourth-order valence-corrected chi connectivity index (χ4v) is 3.27. The highest BCUT2D eigenvalue weighted by molar-refractivity contribution is 6.35. The molecule has 0 bridgehead atoms. The van der Waals surface area contributed by atoms with E-state index in [0.717, 1.165) is 23.1 Å². The Kier molecular flexibility index (Phi) is 6.02. The third-order valence-corrected chi connectivity index (χ3v) is 4.90. The highest BCUT2D eigenvalue weighted by Gasteiger charge is 2.11. The molecule has 144 valence electrons. The number of nitrogens with zero attached hydrogens (tertiary/aromatic N) is 2. The molecule has 0 saturated heterocycles. The molecule has 1 heterocycles. The number of halogens is 2. The Morgan fingerprint density at radius 2 is 1.82 bits per heavy atom. The summed E-state index contributed by atoms with van der Waals surface area (Å²) in [7, 11) is 0. The first-order valence-corrected chi connectivity index (χ1v) is 9.32. The number of primary amides is 1. The second-order valence-electron chi connectivity index (χ2n) is 6.29. The third-order valence-electron chi connectivity index (χ3n) is 4.29. The van der Waals surface area contributed by atoms with E-state index >= 15 is 0 Å². The number of nitrogens with two attached hydrogens (primary N) is 2. The van der Waals surface area contributed by atoms with Crippen LogP contribution in [-0.2, 0) is 6.42 Å². The van der Waals surface area contributed by atoms with Crippen molar-refractivity contribution >= 4 is 40.9 Å². The Balaban J connectivity index is 1.74. The van der Waals surface area contributed by atoms with Crippen LogP contribution in [0.5, 0.6) is 0 Å². The molecule has 0 aliphatic heterocycles. The fraction of sp³-hybridized carbons (Fsp3) is 0.150. The lowest BCUT2D eigenvalue weighted by atomic mass is 10.1. The zero-order valence-corrected chi connectivity index (χ0v) is 16.7. The first-order valence-electron chi connectivity index (χ1n) is 8.56. The summed E-state index contributed by atoms with van der Waals surface area (Å²) in [4.78, 5) is 19.7. The van der Waals surface area contributed by atoms with Gasteiger partial charge in [0.15, 0.2) is 0 Å². The summed E-state index contributed by atoms with van der Waals surface area (Å²) in [6, 6.07) is 12.5. The van der Waals surface area contributed by atoms with E-state index in [4.69, 9.17) is 34.7 Å². The molecule has 8 heteroatoms. The van der Waals surface area contributed by atoms with Crippen molar-refractivity contribution in [2.24, 2.45) is 5.73 Å². The van der Waals surface area contributed by atoms with Crippen LogP contribution in [0.2, 0.25) is 10.0 Å². The number of carbonyl (C=O) groups excluding carboxylic acids is 1. The van der Waals surface area contributed by atoms with Crippen molar-refractivity contribution < 1.29 is 4.79 Å². The van der Waals surface area contributed by atoms with Crippen LogP contribution in [0.1, 0.15) is 21.5 Å². The van der Waals surface area contributed by atoms with Crippen molar-refractivity contribution in [2.75, 3.05) is 17.6 Å². The first-order chi connectivity index (χ1) is 13.3. The third kappa shape index (κ3) is 4.71. The summed E-state index contributed by atoms with van der Waals surface area (Å²) in [6.07, 6.45) is 0.736. The summed E-state index contributed by atoms with van der Waals surface area (Å²) in [6.45, 7) is 2.52. The number of carbonyl (C=O) groups is 1. The van der Waals surface area contributed by atoms with Gasteiger partial charge in [-0.15, -0.1) is 0 Å². The minimum absolute atomic E-state index is 0.154. The summed E-state index contributed by atoms with van der Waals surface area (Å²) in [5, 5.41) is 4.33. The number of anilines is 2. The molecule has 0 radical (unpaired) electrons. The van der Waals surface area contributed by atoms with Gasteiger partial charge in [-0.25, -0.2) is 4.98 Å². The normalized spacial score (nSPS) is 10.7. The molecular formula is C20H19Cl2N5O. The Bertz CT molecular complexity index is 1020. The van der Waals surface area contributed by atoms with Crippen LogP contribution < -0.4 is 16.8 Å². The van der Waals surface area contributed by atoms with Crippen LogP contribution in [0.25, 0.3) is 11.3 Å². The Labute approximate surface area is 172 Å². The van der Waals surface area contributed by atoms with E-state index in [0.29, 0.717) is 33.7 Å². The molecule has 3 rings (SSSR count). The van der Waals surface area contributed by atoms with Crippen LogP contribution in [0.3, 0.4) is 0 Å². The van der Waals surface area contributed by atoms with Crippen molar-refractivity contribution in [2.45, 2.75) is 13.3 Å². The van der Waals surface area contributed by atoms with Crippen molar-refractivity contribution in [3.63, 3.8) is 0 Å². The maximum absolute atomic E-state index is 11.1. The molecule has 0 aliphatic rings. The smallest absolute Gasteiger partial charge is 0.248 e. The molecule has 6 nitrogen and oxygen atoms in total. The number of hydrogen-bond acceptors (Lipinski definition) is 5. The van der Waals surface area contributed by atoms with E-state index in [-0.39, 0.29) is 5.95 Å². The van der Waals surface area contributed by atoms with E-state index in [2.05, 4.69) is 15.3 Å². The molecule has 0 atom stereocenters. The maximum Gasteiger partial charge on any atom is 0.248 e. The van der Waals surface area contributed by atoms with E-state index in [1.807, 2.05) is 25.1 Å². The van der Waals surface area contributed by atoms with E-state index in [1.54, 1.807) is 24.3 Å². The van der Waals surface area contributed by atoms with Crippen molar-refractivity contribution in [1.82, 2.24) is 9.97 Å². The Morgan fingerprint density at radius 1 is 1.11 bits per heavy atom. The summed E-state index contributed by atoms with van der Waals surface area (Å²) >= 11 is 12.4. The number of aromatic nitrogens is 2. The summed E-state index contributed by atoms with van der Waals surface area (Å²) in [5.74, 6) is 0.318. The number of nitrogen functional groups attached to an aromatic ring is 1. The van der Waals surface area contributed by atoms with Crippen molar-refractivity contribution in [1.29, 1.82) is 0 Å². The number of amides is 1. The first kappa shape index (κ1) is 19.9. The maximum atomic E-state index is 11.1. The average Bonchev–Trinajstić information content (AvgIpc) is 2.64. The molecule has 3 aromatic rings. The van der Waals surface area contributed by atoms with Gasteiger partial charge in [0, 0.05) is 33.8 Å². The van der Waals surface area contributed by atoms with Gasteiger partial charge in [0.25, 0.3) is 0 Å². The molecule has 1 aromatic heterocycles. The van der Waals surface area contributed by atoms with Crippen LogP contribution in [-0.4, -0.2) is 22.4 Å². The quantitative estimate of drug-likeness (QED) is 0.561. The standard InChI is InChI=1S/C20H19Cl2N5O/c1-11-15(8-14(21)9-16(11)22)17-10-18(27-20(24)26-17)25-7-6-12-2-4-13(5-3-12)19(23)28/h2-5,8-10H,6-7H2,1H3,(H2,23,28)(H3,24,25,26,27). The second kappa shape index (κ2) is 8.46. The van der Waals surface area contributed by atoms with Crippen molar-refractivity contribution in [3.05, 3.63) is 69.2 Å². The molecule has 28 heavy (non-hydrogen) atoms. The lowest BCUT2D eigenvalue weighted by molar-refractivity contribution is 0.100. The van der Waals surface area contributed by atoms with Crippen LogP contribution >= 0.6 is 23.2 Å². The highest BCUT2D eigenvalue weighted by atomic mass is 35.5. The molecule has 0 aliphatic carbocycles. The van der Waals surface area contributed by atoms with Gasteiger partial charge in [0.2, 0.25) is 11.9 Å². The minimum Gasteiger partial charge on any atom is -0.370 e. The summed E-state index contributed by atoms with van der Waals surface area (Å²) in [5.41, 5.74) is 15.0. The molecule has 0 spiro atoms. The van der Waals surface area contributed by atoms with Gasteiger partial charge in [-0.05, 0) is 48.7 Å². The van der Waals surface area contributed by atoms with Gasteiger partial charge in [0.05, 0.1) is 5.69 Å². The predicted octanol–water partition coefficient (Wildman–Crippen LogP) is 4.09. The monoisotopic (exact) mass is 415 g/mol. The number of rotatable bonds is 6. The Morgan fingerprint density at radius 3 is 2.50 bits per heavy atom. The second-order valence-corrected chi connectivity index (χ2v) is 7.14. The van der Waals surface area contributed by atoms with Gasteiger partial charge in [-0.1, -0.05) is 35.3 Å². The number of nitrogens with one attached hydrogen (secondary N) is 1. The lowest BCUT2D eigenvalue weighted by Crippen LogP contribution is -2.11. The van der Waals surface area contributed by atoms with Crippen LogP contribution in [0.15, 0.2) is 42.5 Å². The van der Waals surface area contributed by atoms with E-state index < -0.39 is 5.91 Å². The molecule has 5 N–H and O–H groups in total. The average molecular weight is 416 g/mol. The Hall–Kier alpha value is -2.83. The van der Waals surface area contributed by atoms with Gasteiger partial charge < -0.3 is 16.8 Å². The number of benzene rings is 2. The fourth-order valence-electron chi connectivity index (χ4n) is 2.78. The zero-order chi connectivity index (χ0) is 20.3. The predicted molar refractivity (Wildman–Crippen MR) is 114 cm³/mol. The van der Waals surface area contributed by atoms with Gasteiger partial charge in [-0.2, -0.15) is 4.98 Å². The molecule has 1 amide bonds. The van der Waals surface area contributed by atoms with Gasteiger partial charge in [-0.3, -0.25) is 4.79 Å². The molecule has 2 aromatic carbocycles. The lowest BCUT2D eigenvalue weighted by Gasteiger charge is -2.11. The van der Waals surface area contributed by atoms with E-state index in [1.165, 1.54) is 0 Å². The summed E-state index contributed by atoms with van der Waals surface area (Å²) < 4.78 is 0. The topological polar surface area (TPSA) is 107 Å². The van der Waals surface area contributed by atoms with Gasteiger partial charge in [0.1, 0.15) is 5.82 Å². The van der Waals surface area contributed by atoms with Crippen LogP contribution in [0, 0.1) is 6.92 Å². The molecule has 0 unspecified atom stereocenters. The molecule has 0 fully saturated rings. The van der Waals surface area contributed by atoms with Crippen molar-refractivity contribution in [3.8, 4) is 11.3 Å². The minimum atomic E-state index is -0.440. The number of hydrogen-bond donors (Lipinski definition) is 3. The van der Waals surface area contributed by atoms with Crippen LogP contribution in [0.4, 0.5) is 11.8 Å². The SMILES string of the molecule is Cc1c(Cl)cc(Cl)cc1-c1cc(NCCc2ccc(C(N)=O)cc2)nc(N)n1. The highest BCUT2D eigenvalue weighted by Crippen LogP contribution is 2.32. The largest absolute Gasteiger partial charge is 0.370 e. The molecular weight excluding hydrogens is 397 g/mol. The van der Waals surface area contributed by atoms with Gasteiger partial charge >= 0.3 is 0 Å². The van der Waals surface area contributed by atoms with E-state index in [9.17, 15) is 4.79 Å². The molecule has 0 saturated carbocycles. The zero-order valence-electron chi connectivity index (χ0n) is 15.2.